The SMILES string of the molecule is [2H]CC(=O)OC[C@@H](OC(=O)C[2H])[C@@H](OC(=O)C[2H])[C@@H](OC(=O)C[2H])C(=O)NC[C@H]1O[C@@](O)(Cc2ccccc2)[C@H](N)[C@@H](OC(C)=O)[C@@H]1OC(C)=O. The summed E-state index contributed by atoms with van der Waals surface area (Å²) in [5.74, 6) is -10.5. The number of carbonyl (C=O) groups excluding carboxylic acids is 7. The first-order valence-corrected chi connectivity index (χ1v) is 13.8. The molecular formula is C30H40N2O15. The molecule has 4 N–H and O–H groups in total. The molecule has 0 aromatic heterocycles. The van der Waals surface area contributed by atoms with E-state index in [9.17, 15) is 38.7 Å². The average Bonchev–Trinajstić information content (AvgIpc) is 3.10. The van der Waals surface area contributed by atoms with Gasteiger partial charge in [-0.15, -0.1) is 0 Å². The van der Waals surface area contributed by atoms with Crippen LogP contribution in [0.3, 0.4) is 0 Å². The second-order valence-electron chi connectivity index (χ2n) is 10.2. The van der Waals surface area contributed by atoms with Gasteiger partial charge >= 0.3 is 35.8 Å². The summed E-state index contributed by atoms with van der Waals surface area (Å²) < 4.78 is 65.9. The minimum absolute atomic E-state index is 0.279. The molecule has 1 aliphatic rings. The maximum absolute atomic E-state index is 13.8. The second-order valence-corrected chi connectivity index (χ2v) is 10.2. The quantitative estimate of drug-likeness (QED) is 0.158. The first-order valence-electron chi connectivity index (χ1n) is 16.6. The van der Waals surface area contributed by atoms with Gasteiger partial charge in [0.25, 0.3) is 5.91 Å². The molecular weight excluding hydrogens is 628 g/mol. The van der Waals surface area contributed by atoms with Crippen molar-refractivity contribution in [1.82, 2.24) is 5.32 Å². The lowest BCUT2D eigenvalue weighted by molar-refractivity contribution is -0.310. The number of hydrogen-bond acceptors (Lipinski definition) is 16. The van der Waals surface area contributed by atoms with Crippen LogP contribution in [0, 0.1) is 0 Å². The first kappa shape index (κ1) is 32.3. The van der Waals surface area contributed by atoms with Crippen LogP contribution < -0.4 is 11.1 Å². The number of benzene rings is 1. The van der Waals surface area contributed by atoms with E-state index in [1.54, 1.807) is 30.3 Å². The van der Waals surface area contributed by atoms with Gasteiger partial charge in [0.2, 0.25) is 6.10 Å². The molecule has 1 amide bonds. The molecule has 0 bridgehead atoms. The smallest absolute Gasteiger partial charge is 0.303 e. The van der Waals surface area contributed by atoms with Crippen molar-refractivity contribution >= 4 is 41.7 Å². The van der Waals surface area contributed by atoms with Crippen molar-refractivity contribution in [3.8, 4) is 0 Å². The van der Waals surface area contributed by atoms with Gasteiger partial charge in [-0.3, -0.25) is 33.6 Å². The number of nitrogens with two attached hydrogens (primary N) is 1. The molecule has 0 aliphatic carbocycles. The molecule has 17 nitrogen and oxygen atoms in total. The van der Waals surface area contributed by atoms with Gasteiger partial charge in [0.15, 0.2) is 30.2 Å². The summed E-state index contributed by atoms with van der Waals surface area (Å²) in [6, 6.07) is 6.80. The molecule has 0 radical (unpaired) electrons. The fourth-order valence-electron chi connectivity index (χ4n) is 4.69. The summed E-state index contributed by atoms with van der Waals surface area (Å²) in [6.07, 6.45) is -11.3. The summed E-state index contributed by atoms with van der Waals surface area (Å²) in [5.41, 5.74) is 6.85. The molecule has 8 atom stereocenters. The summed E-state index contributed by atoms with van der Waals surface area (Å²) >= 11 is 0. The number of aliphatic hydroxyl groups is 1. The van der Waals surface area contributed by atoms with Gasteiger partial charge in [0.1, 0.15) is 18.8 Å². The Hall–Kier alpha value is -4.61. The summed E-state index contributed by atoms with van der Waals surface area (Å²) in [4.78, 5) is 86.5. The number of carbonyl (C=O) groups is 7. The van der Waals surface area contributed by atoms with E-state index in [2.05, 4.69) is 5.32 Å². The molecule has 1 aliphatic heterocycles. The molecule has 260 valence electrons. The third-order valence-electron chi connectivity index (χ3n) is 6.44. The van der Waals surface area contributed by atoms with Crippen molar-refractivity contribution in [2.45, 2.75) is 96.3 Å². The topological polar surface area (TPSA) is 242 Å². The Morgan fingerprint density at radius 3 is 2.04 bits per heavy atom. The van der Waals surface area contributed by atoms with Crippen LogP contribution in [0.2, 0.25) is 0 Å². The number of amides is 1. The van der Waals surface area contributed by atoms with Crippen LogP contribution in [-0.2, 0) is 73.1 Å². The minimum atomic E-state index is -2.31. The van der Waals surface area contributed by atoms with Crippen molar-refractivity contribution in [1.29, 1.82) is 0 Å². The highest BCUT2D eigenvalue weighted by Gasteiger charge is 2.56. The molecule has 1 heterocycles. The highest BCUT2D eigenvalue weighted by molar-refractivity contribution is 5.84. The van der Waals surface area contributed by atoms with Gasteiger partial charge in [-0.25, -0.2) is 0 Å². The maximum Gasteiger partial charge on any atom is 0.303 e. The van der Waals surface area contributed by atoms with Gasteiger partial charge in [-0.2, -0.15) is 0 Å². The molecule has 2 rings (SSSR count). The predicted octanol–water partition coefficient (Wildman–Crippen LogP) is -1.02. The van der Waals surface area contributed by atoms with E-state index in [1.807, 2.05) is 0 Å². The summed E-state index contributed by atoms with van der Waals surface area (Å²) in [7, 11) is 0. The fourth-order valence-corrected chi connectivity index (χ4v) is 4.69. The third kappa shape index (κ3) is 11.9. The largest absolute Gasteiger partial charge is 0.462 e. The van der Waals surface area contributed by atoms with Crippen LogP contribution in [0.15, 0.2) is 30.3 Å². The van der Waals surface area contributed by atoms with E-state index >= 15 is 0 Å². The highest BCUT2D eigenvalue weighted by atomic mass is 16.7. The Labute approximate surface area is 275 Å². The molecule has 1 saturated heterocycles. The van der Waals surface area contributed by atoms with Gasteiger partial charge in [0, 0.05) is 59.9 Å². The van der Waals surface area contributed by atoms with Crippen LogP contribution in [0.1, 0.15) is 52.5 Å². The average molecular weight is 673 g/mol. The van der Waals surface area contributed by atoms with Crippen LogP contribution in [-0.4, -0.2) is 108 Å². The zero-order valence-corrected chi connectivity index (χ0v) is 25.6. The van der Waals surface area contributed by atoms with E-state index in [4.69, 9.17) is 44.4 Å². The zero-order chi connectivity index (χ0) is 38.3. The molecule has 0 unspecified atom stereocenters. The Kier molecular flexibility index (Phi) is 11.9. The fraction of sp³-hybridized carbons (Fsp3) is 0.567. The lowest BCUT2D eigenvalue weighted by Gasteiger charge is -2.48. The summed E-state index contributed by atoms with van der Waals surface area (Å²) in [5, 5.41) is 14.0. The van der Waals surface area contributed by atoms with Gasteiger partial charge in [-0.1, -0.05) is 30.3 Å². The number of ether oxygens (including phenoxy) is 7. The highest BCUT2D eigenvalue weighted by Crippen LogP contribution is 2.33. The predicted molar refractivity (Wildman–Crippen MR) is 155 cm³/mol. The molecule has 17 heteroatoms. The van der Waals surface area contributed by atoms with Crippen LogP contribution in [0.25, 0.3) is 0 Å². The Balaban J connectivity index is 2.57. The lowest BCUT2D eigenvalue weighted by Crippen LogP contribution is -2.71. The molecule has 47 heavy (non-hydrogen) atoms. The number of nitrogens with one attached hydrogen (secondary N) is 1. The van der Waals surface area contributed by atoms with Gasteiger partial charge < -0.3 is 49.3 Å². The van der Waals surface area contributed by atoms with E-state index in [1.165, 1.54) is 0 Å². The van der Waals surface area contributed by atoms with E-state index in [0.717, 1.165) is 13.8 Å². The Morgan fingerprint density at radius 2 is 1.45 bits per heavy atom. The molecule has 0 spiro atoms. The lowest BCUT2D eigenvalue weighted by atomic mass is 9.86. The number of hydrogen-bond donors (Lipinski definition) is 3. The molecule has 1 aromatic carbocycles. The van der Waals surface area contributed by atoms with E-state index in [-0.39, 0.29) is 6.42 Å². The molecule has 1 fully saturated rings. The van der Waals surface area contributed by atoms with Crippen molar-refractivity contribution in [3.05, 3.63) is 35.9 Å². The van der Waals surface area contributed by atoms with E-state index in [0.29, 0.717) is 5.56 Å². The van der Waals surface area contributed by atoms with Crippen molar-refractivity contribution in [3.63, 3.8) is 0 Å². The van der Waals surface area contributed by atoms with Crippen LogP contribution in [0.4, 0.5) is 0 Å². The van der Waals surface area contributed by atoms with E-state index < -0.39 is 131 Å². The second kappa shape index (κ2) is 17.3. The minimum Gasteiger partial charge on any atom is -0.462 e. The van der Waals surface area contributed by atoms with Crippen LogP contribution in [0.5, 0.6) is 0 Å². The van der Waals surface area contributed by atoms with Gasteiger partial charge in [0.05, 0.1) is 0 Å². The summed E-state index contributed by atoms with van der Waals surface area (Å²) in [6.45, 7) is -3.66. The van der Waals surface area contributed by atoms with Crippen molar-refractivity contribution in [2.24, 2.45) is 5.73 Å². The normalized spacial score (nSPS) is 25.0. The standard InChI is InChI=1S/C30H40N2O15/c1-15(33)41-14-23(42-16(2)34)25(44-18(4)36)27(46-20(6)38)29(39)32-13-22-24(43-17(3)35)26(45-19(5)37)28(31)30(40,47-22)12-21-10-8-7-9-11-21/h7-11,22-28,40H,12-14,31H2,1-6H3,(H,32,39)/t22-,23-,24-,25-,26+,27-,28-,30+/m1/s1/i1D,2D,4D,6D. The molecule has 0 saturated carbocycles. The third-order valence-corrected chi connectivity index (χ3v) is 6.44. The zero-order valence-electron chi connectivity index (χ0n) is 29.6. The monoisotopic (exact) mass is 672 g/mol. The first-order chi connectivity index (χ1) is 24.1. The number of rotatable bonds is 14. The van der Waals surface area contributed by atoms with Crippen molar-refractivity contribution in [2.75, 3.05) is 13.2 Å². The Bertz CT molecular complexity index is 1390. The number of esters is 6. The van der Waals surface area contributed by atoms with Gasteiger partial charge in [-0.05, 0) is 5.56 Å². The van der Waals surface area contributed by atoms with Crippen LogP contribution >= 0.6 is 0 Å². The Morgan fingerprint density at radius 1 is 0.872 bits per heavy atom. The molecule has 1 aromatic rings. The maximum atomic E-state index is 13.8. The van der Waals surface area contributed by atoms with Crippen molar-refractivity contribution < 1.29 is 77.3 Å².